The van der Waals surface area contributed by atoms with Gasteiger partial charge in [-0.25, -0.2) is 4.98 Å². The van der Waals surface area contributed by atoms with Crippen molar-refractivity contribution in [1.82, 2.24) is 9.66 Å². The van der Waals surface area contributed by atoms with Gasteiger partial charge in [0.1, 0.15) is 12.4 Å². The molecule has 0 N–H and O–H groups in total. The number of aromatic nitrogens is 2. The van der Waals surface area contributed by atoms with Gasteiger partial charge in [0.25, 0.3) is 5.56 Å². The molecule has 5 aromatic rings. The van der Waals surface area contributed by atoms with E-state index in [9.17, 15) is 4.79 Å². The number of ether oxygens (including phenoxy) is 2. The predicted octanol–water partition coefficient (Wildman–Crippen LogP) is 7.84. The van der Waals surface area contributed by atoms with E-state index in [4.69, 9.17) is 14.5 Å². The summed E-state index contributed by atoms with van der Waals surface area (Å²) >= 11 is 7.09. The van der Waals surface area contributed by atoms with E-state index in [0.717, 1.165) is 25.5 Å². The van der Waals surface area contributed by atoms with Gasteiger partial charge in [0, 0.05) is 19.9 Å². The van der Waals surface area contributed by atoms with Crippen LogP contribution in [0.2, 0.25) is 0 Å². The molecule has 1 heterocycles. The average molecular weight is 649 g/mol. The predicted molar refractivity (Wildman–Crippen MR) is 164 cm³/mol. The second kappa shape index (κ2) is 10.9. The average Bonchev–Trinajstić information content (AvgIpc) is 2.91. The van der Waals surface area contributed by atoms with Gasteiger partial charge in [0.15, 0.2) is 11.5 Å². The first-order valence-corrected chi connectivity index (χ1v) is 14.0. The summed E-state index contributed by atoms with van der Waals surface area (Å²) < 4.78 is 14.8. The standard InChI is InChI=1S/C31H27Br2N3O3/c1-31(2,3)30-35-26-13-12-22(32)15-24(26)29(37)36(30)34-17-21-14-27(38-4)28(16-25(21)33)39-18-20-10-7-9-19-8-5-6-11-23(19)20/h5-17H,18H2,1-4H3. The molecule has 0 saturated heterocycles. The van der Waals surface area contributed by atoms with E-state index in [2.05, 4.69) is 61.2 Å². The van der Waals surface area contributed by atoms with Crippen molar-refractivity contribution in [2.45, 2.75) is 32.8 Å². The van der Waals surface area contributed by atoms with Crippen molar-refractivity contribution in [3.63, 3.8) is 0 Å². The summed E-state index contributed by atoms with van der Waals surface area (Å²) in [7, 11) is 1.60. The zero-order chi connectivity index (χ0) is 27.7. The molecule has 0 atom stereocenters. The number of halogens is 2. The minimum Gasteiger partial charge on any atom is -0.493 e. The molecule has 8 heteroatoms. The SMILES string of the molecule is COc1cc(C=Nn2c(C(C)(C)C)nc3ccc(Br)cc3c2=O)c(Br)cc1OCc1cccc2ccccc12. The van der Waals surface area contributed by atoms with E-state index in [0.29, 0.717) is 34.8 Å². The van der Waals surface area contributed by atoms with Crippen LogP contribution in [0.1, 0.15) is 37.7 Å². The molecule has 0 amide bonds. The van der Waals surface area contributed by atoms with Crippen LogP contribution in [0.3, 0.4) is 0 Å². The quantitative estimate of drug-likeness (QED) is 0.176. The Kier molecular flexibility index (Phi) is 7.60. The number of fused-ring (bicyclic) bond motifs is 2. The highest BCUT2D eigenvalue weighted by Gasteiger charge is 2.23. The molecule has 0 aliphatic rings. The van der Waals surface area contributed by atoms with E-state index in [1.807, 2.05) is 63.2 Å². The van der Waals surface area contributed by atoms with E-state index in [1.165, 1.54) is 10.1 Å². The van der Waals surface area contributed by atoms with E-state index >= 15 is 0 Å². The second-order valence-corrected chi connectivity index (χ2v) is 11.9. The zero-order valence-electron chi connectivity index (χ0n) is 22.0. The van der Waals surface area contributed by atoms with Gasteiger partial charge in [-0.15, -0.1) is 0 Å². The number of hydrogen-bond donors (Lipinski definition) is 0. The lowest BCUT2D eigenvalue weighted by Crippen LogP contribution is -2.29. The van der Waals surface area contributed by atoms with Crippen molar-refractivity contribution in [2.24, 2.45) is 5.10 Å². The van der Waals surface area contributed by atoms with Gasteiger partial charge in [-0.1, -0.05) is 79.2 Å². The van der Waals surface area contributed by atoms with Crippen LogP contribution in [0.15, 0.2) is 91.6 Å². The largest absolute Gasteiger partial charge is 0.493 e. The maximum Gasteiger partial charge on any atom is 0.282 e. The van der Waals surface area contributed by atoms with E-state index < -0.39 is 5.41 Å². The minimum atomic E-state index is -0.411. The fraction of sp³-hybridized carbons (Fsp3) is 0.194. The van der Waals surface area contributed by atoms with Gasteiger partial charge in [0.05, 0.1) is 24.2 Å². The van der Waals surface area contributed by atoms with Crippen molar-refractivity contribution >= 4 is 59.7 Å². The summed E-state index contributed by atoms with van der Waals surface area (Å²) in [5.74, 6) is 1.72. The normalized spacial score (nSPS) is 11.9. The van der Waals surface area contributed by atoms with Gasteiger partial charge >= 0.3 is 0 Å². The Morgan fingerprint density at radius 3 is 2.49 bits per heavy atom. The summed E-state index contributed by atoms with van der Waals surface area (Å²) in [6, 6.07) is 23.6. The summed E-state index contributed by atoms with van der Waals surface area (Å²) in [6.45, 7) is 6.41. The fourth-order valence-electron chi connectivity index (χ4n) is 4.36. The van der Waals surface area contributed by atoms with Crippen LogP contribution < -0.4 is 15.0 Å². The first-order valence-electron chi connectivity index (χ1n) is 12.4. The summed E-state index contributed by atoms with van der Waals surface area (Å²) in [4.78, 5) is 18.3. The van der Waals surface area contributed by atoms with Gasteiger partial charge in [-0.05, 0) is 62.6 Å². The fourth-order valence-corrected chi connectivity index (χ4v) is 5.14. The molecular formula is C31H27Br2N3O3. The highest BCUT2D eigenvalue weighted by molar-refractivity contribution is 9.10. The summed E-state index contributed by atoms with van der Waals surface area (Å²) in [6.07, 6.45) is 1.63. The van der Waals surface area contributed by atoms with Crippen molar-refractivity contribution in [3.8, 4) is 11.5 Å². The van der Waals surface area contributed by atoms with Crippen molar-refractivity contribution in [2.75, 3.05) is 7.11 Å². The first kappa shape index (κ1) is 27.1. The zero-order valence-corrected chi connectivity index (χ0v) is 25.2. The van der Waals surface area contributed by atoms with Crippen LogP contribution in [0.25, 0.3) is 21.7 Å². The minimum absolute atomic E-state index is 0.236. The number of hydrogen-bond acceptors (Lipinski definition) is 5. The third-order valence-corrected chi connectivity index (χ3v) is 7.52. The van der Waals surface area contributed by atoms with Crippen LogP contribution in [0.5, 0.6) is 11.5 Å². The molecule has 0 bridgehead atoms. The van der Waals surface area contributed by atoms with Crippen molar-refractivity contribution in [1.29, 1.82) is 0 Å². The third kappa shape index (κ3) is 5.63. The van der Waals surface area contributed by atoms with Crippen LogP contribution in [0, 0.1) is 0 Å². The van der Waals surface area contributed by atoms with Gasteiger partial charge < -0.3 is 9.47 Å². The summed E-state index contributed by atoms with van der Waals surface area (Å²) in [5, 5.41) is 7.40. The lowest BCUT2D eigenvalue weighted by atomic mass is 9.95. The maximum absolute atomic E-state index is 13.5. The Morgan fingerprint density at radius 1 is 0.949 bits per heavy atom. The maximum atomic E-state index is 13.5. The topological polar surface area (TPSA) is 65.7 Å². The molecule has 0 spiro atoms. The molecule has 0 saturated carbocycles. The van der Waals surface area contributed by atoms with E-state index in [-0.39, 0.29) is 5.56 Å². The van der Waals surface area contributed by atoms with Crippen molar-refractivity contribution in [3.05, 3.63) is 109 Å². The monoisotopic (exact) mass is 647 g/mol. The molecule has 6 nitrogen and oxygen atoms in total. The molecule has 1 aromatic heterocycles. The Hall–Kier alpha value is -3.49. The van der Waals surface area contributed by atoms with Gasteiger partial charge in [-0.2, -0.15) is 9.78 Å². The molecular weight excluding hydrogens is 622 g/mol. The highest BCUT2D eigenvalue weighted by atomic mass is 79.9. The highest BCUT2D eigenvalue weighted by Crippen LogP contribution is 2.34. The Balaban J connectivity index is 1.50. The third-order valence-electron chi connectivity index (χ3n) is 6.34. The molecule has 198 valence electrons. The summed E-state index contributed by atoms with van der Waals surface area (Å²) in [5.41, 5.74) is 1.80. The smallest absolute Gasteiger partial charge is 0.282 e. The number of rotatable bonds is 6. The molecule has 5 rings (SSSR count). The second-order valence-electron chi connectivity index (χ2n) is 10.2. The molecule has 0 radical (unpaired) electrons. The molecule has 0 fully saturated rings. The van der Waals surface area contributed by atoms with Crippen LogP contribution in [0.4, 0.5) is 0 Å². The molecule has 39 heavy (non-hydrogen) atoms. The van der Waals surface area contributed by atoms with Crippen LogP contribution >= 0.6 is 31.9 Å². The lowest BCUT2D eigenvalue weighted by molar-refractivity contribution is 0.285. The number of methoxy groups -OCH3 is 1. The van der Waals surface area contributed by atoms with Crippen molar-refractivity contribution < 1.29 is 9.47 Å². The molecule has 0 aliphatic carbocycles. The first-order chi connectivity index (χ1) is 18.7. The van der Waals surface area contributed by atoms with Crippen LogP contribution in [-0.2, 0) is 12.0 Å². The molecule has 0 aliphatic heterocycles. The lowest BCUT2D eigenvalue weighted by Gasteiger charge is -2.21. The number of nitrogens with zero attached hydrogens (tertiary/aromatic N) is 3. The molecule has 4 aromatic carbocycles. The Labute approximate surface area is 243 Å². The Morgan fingerprint density at radius 2 is 1.72 bits per heavy atom. The number of benzene rings is 4. The van der Waals surface area contributed by atoms with Gasteiger partial charge in [-0.3, -0.25) is 4.79 Å². The van der Waals surface area contributed by atoms with Gasteiger partial charge in [0.2, 0.25) is 0 Å². The van der Waals surface area contributed by atoms with Crippen LogP contribution in [-0.4, -0.2) is 23.0 Å². The Bertz CT molecular complexity index is 1780. The van der Waals surface area contributed by atoms with E-state index in [1.54, 1.807) is 19.4 Å². The molecule has 0 unspecified atom stereocenters.